The number of benzene rings is 2. The maximum absolute atomic E-state index is 6.30. The van der Waals surface area contributed by atoms with Gasteiger partial charge in [0.25, 0.3) is 5.89 Å². The number of methoxy groups -OCH3 is 1. The van der Waals surface area contributed by atoms with Crippen LogP contribution in [-0.4, -0.2) is 40.4 Å². The lowest BCUT2D eigenvalue weighted by Gasteiger charge is -2.37. The van der Waals surface area contributed by atoms with Crippen molar-refractivity contribution in [2.24, 2.45) is 0 Å². The summed E-state index contributed by atoms with van der Waals surface area (Å²) in [6.45, 7) is 5.53. The first-order valence-corrected chi connectivity index (χ1v) is 11.8. The smallest absolute Gasteiger partial charge is 0.258 e. The fourth-order valence-corrected chi connectivity index (χ4v) is 4.52. The standard InChI is InChI=1S/C25H27ClN4O2S/c1-4-17-9-11-18(12-10-17)23-28-24(32-29-23)21-16(2)30(13-6-14-31-3)25(33)27-22(21)19-7-5-8-20(26)15-19/h5,7-12,15,22H,4,6,13-14H2,1-3H3,(H,27,33). The first-order chi connectivity index (χ1) is 16.0. The topological polar surface area (TPSA) is 63.4 Å². The molecule has 3 aromatic rings. The number of hydrogen-bond donors (Lipinski definition) is 1. The van der Waals surface area contributed by atoms with E-state index in [4.69, 9.17) is 38.1 Å². The van der Waals surface area contributed by atoms with Crippen molar-refractivity contribution in [3.63, 3.8) is 0 Å². The molecule has 33 heavy (non-hydrogen) atoms. The molecule has 2 aromatic carbocycles. The van der Waals surface area contributed by atoms with Gasteiger partial charge >= 0.3 is 0 Å². The predicted octanol–water partition coefficient (Wildman–Crippen LogP) is 5.65. The molecule has 1 aliphatic rings. The van der Waals surface area contributed by atoms with Gasteiger partial charge in [0.2, 0.25) is 5.82 Å². The Labute approximate surface area is 204 Å². The molecule has 8 heteroatoms. The summed E-state index contributed by atoms with van der Waals surface area (Å²) in [5, 5.41) is 9.02. The Morgan fingerprint density at radius 1 is 1.21 bits per heavy atom. The molecule has 0 aliphatic carbocycles. The molecule has 0 amide bonds. The molecule has 6 nitrogen and oxygen atoms in total. The Balaban J connectivity index is 1.75. The van der Waals surface area contributed by atoms with Gasteiger partial charge in [0, 0.05) is 36.5 Å². The Hall–Kier alpha value is -2.74. The summed E-state index contributed by atoms with van der Waals surface area (Å²) in [4.78, 5) is 6.82. The number of hydrogen-bond acceptors (Lipinski definition) is 5. The van der Waals surface area contributed by atoms with E-state index in [0.717, 1.165) is 41.8 Å². The molecule has 1 aromatic heterocycles. The first-order valence-electron chi connectivity index (χ1n) is 11.0. The molecular formula is C25H27ClN4O2S. The van der Waals surface area contributed by atoms with Crippen LogP contribution in [0, 0.1) is 0 Å². The van der Waals surface area contributed by atoms with Gasteiger partial charge < -0.3 is 19.5 Å². The molecular weight excluding hydrogens is 456 g/mol. The Morgan fingerprint density at radius 2 is 2.00 bits per heavy atom. The summed E-state index contributed by atoms with van der Waals surface area (Å²) in [5.74, 6) is 1.01. The number of aromatic nitrogens is 2. The van der Waals surface area contributed by atoms with Gasteiger partial charge in [-0.2, -0.15) is 4.98 Å². The van der Waals surface area contributed by atoms with Crippen molar-refractivity contribution in [3.05, 3.63) is 76.3 Å². The Kier molecular flexibility index (Phi) is 7.42. The summed E-state index contributed by atoms with van der Waals surface area (Å²) >= 11 is 12.0. The van der Waals surface area contributed by atoms with Crippen molar-refractivity contribution in [1.29, 1.82) is 0 Å². The van der Waals surface area contributed by atoms with Crippen LogP contribution >= 0.6 is 23.8 Å². The molecule has 1 atom stereocenters. The molecule has 0 bridgehead atoms. The van der Waals surface area contributed by atoms with Gasteiger partial charge in [-0.3, -0.25) is 0 Å². The summed E-state index contributed by atoms with van der Waals surface area (Å²) in [6, 6.07) is 15.7. The van der Waals surface area contributed by atoms with Crippen molar-refractivity contribution in [2.75, 3.05) is 20.3 Å². The molecule has 0 spiro atoms. The third-order valence-electron chi connectivity index (χ3n) is 5.79. The highest BCUT2D eigenvalue weighted by molar-refractivity contribution is 7.80. The average molecular weight is 483 g/mol. The van der Waals surface area contributed by atoms with Crippen LogP contribution in [0.4, 0.5) is 0 Å². The van der Waals surface area contributed by atoms with Gasteiger partial charge in [0.1, 0.15) is 0 Å². The van der Waals surface area contributed by atoms with Gasteiger partial charge in [0.15, 0.2) is 5.11 Å². The van der Waals surface area contributed by atoms with E-state index in [1.54, 1.807) is 7.11 Å². The zero-order valence-corrected chi connectivity index (χ0v) is 20.5. The third kappa shape index (κ3) is 5.11. The second-order valence-corrected chi connectivity index (χ2v) is 8.73. The SMILES string of the molecule is CCc1ccc(-c2noc(C3=C(C)N(CCCOC)C(=S)NC3c3cccc(Cl)c3)n2)cc1. The predicted molar refractivity (Wildman–Crippen MR) is 135 cm³/mol. The maximum atomic E-state index is 6.30. The van der Waals surface area contributed by atoms with Crippen LogP contribution in [0.15, 0.2) is 58.8 Å². The summed E-state index contributed by atoms with van der Waals surface area (Å²) in [6.07, 6.45) is 1.82. The fraction of sp³-hybridized carbons (Fsp3) is 0.320. The molecule has 0 saturated carbocycles. The molecule has 2 heterocycles. The molecule has 172 valence electrons. The van der Waals surface area contributed by atoms with Gasteiger partial charge in [0.05, 0.1) is 11.6 Å². The van der Waals surface area contributed by atoms with Crippen molar-refractivity contribution < 1.29 is 9.26 Å². The van der Waals surface area contributed by atoms with E-state index in [1.807, 2.05) is 43.3 Å². The van der Waals surface area contributed by atoms with Gasteiger partial charge in [-0.15, -0.1) is 0 Å². The van der Waals surface area contributed by atoms with Crippen LogP contribution in [0.5, 0.6) is 0 Å². The van der Waals surface area contributed by atoms with Gasteiger partial charge in [-0.05, 0) is 55.2 Å². The maximum Gasteiger partial charge on any atom is 0.258 e. The number of ether oxygens (including phenoxy) is 1. The molecule has 1 aliphatic heterocycles. The minimum atomic E-state index is -0.259. The molecule has 1 N–H and O–H groups in total. The minimum Gasteiger partial charge on any atom is -0.385 e. The summed E-state index contributed by atoms with van der Waals surface area (Å²) < 4.78 is 11.0. The Bertz CT molecular complexity index is 1160. The summed E-state index contributed by atoms with van der Waals surface area (Å²) in [7, 11) is 1.70. The number of nitrogens with one attached hydrogen (secondary N) is 1. The fourth-order valence-electron chi connectivity index (χ4n) is 3.97. The van der Waals surface area contributed by atoms with Crippen LogP contribution in [0.3, 0.4) is 0 Å². The lowest BCUT2D eigenvalue weighted by molar-refractivity contribution is 0.188. The highest BCUT2D eigenvalue weighted by Gasteiger charge is 2.34. The van der Waals surface area contributed by atoms with E-state index in [1.165, 1.54) is 5.56 Å². The van der Waals surface area contributed by atoms with Crippen LogP contribution < -0.4 is 5.32 Å². The first kappa shape index (κ1) is 23.4. The van der Waals surface area contributed by atoms with Gasteiger partial charge in [-0.1, -0.05) is 60.1 Å². The van der Waals surface area contributed by atoms with Crippen molar-refractivity contribution in [2.45, 2.75) is 32.7 Å². The van der Waals surface area contributed by atoms with Crippen molar-refractivity contribution in [3.8, 4) is 11.4 Å². The van der Waals surface area contributed by atoms with E-state index < -0.39 is 0 Å². The number of thiocarbonyl (C=S) groups is 1. The highest BCUT2D eigenvalue weighted by atomic mass is 35.5. The quantitative estimate of drug-likeness (QED) is 0.328. The normalized spacial score (nSPS) is 16.3. The molecule has 0 fully saturated rings. The van der Waals surface area contributed by atoms with Crippen molar-refractivity contribution >= 4 is 34.5 Å². The summed E-state index contributed by atoms with van der Waals surface area (Å²) in [5.41, 5.74) is 5.00. The zero-order chi connectivity index (χ0) is 23.4. The number of nitrogens with zero attached hydrogens (tertiary/aromatic N) is 3. The lowest BCUT2D eigenvalue weighted by atomic mass is 9.94. The molecule has 0 saturated heterocycles. The largest absolute Gasteiger partial charge is 0.385 e. The van der Waals surface area contributed by atoms with E-state index in [9.17, 15) is 0 Å². The zero-order valence-electron chi connectivity index (χ0n) is 19.0. The van der Waals surface area contributed by atoms with E-state index >= 15 is 0 Å². The average Bonchev–Trinajstić information content (AvgIpc) is 3.30. The van der Waals surface area contributed by atoms with E-state index in [-0.39, 0.29) is 6.04 Å². The minimum absolute atomic E-state index is 0.259. The second-order valence-electron chi connectivity index (χ2n) is 7.91. The third-order valence-corrected chi connectivity index (χ3v) is 6.36. The number of rotatable bonds is 8. The molecule has 1 unspecified atom stereocenters. The van der Waals surface area contributed by atoms with Gasteiger partial charge in [-0.25, -0.2) is 0 Å². The Morgan fingerprint density at radius 3 is 2.70 bits per heavy atom. The monoisotopic (exact) mass is 482 g/mol. The van der Waals surface area contributed by atoms with Crippen molar-refractivity contribution in [1.82, 2.24) is 20.4 Å². The number of allylic oxidation sites excluding steroid dienone is 1. The van der Waals surface area contributed by atoms with Crippen LogP contribution in [0.25, 0.3) is 17.0 Å². The van der Waals surface area contributed by atoms with E-state index in [2.05, 4.69) is 34.4 Å². The molecule has 0 radical (unpaired) electrons. The van der Waals surface area contributed by atoms with Crippen LogP contribution in [0.1, 0.15) is 43.3 Å². The highest BCUT2D eigenvalue weighted by Crippen LogP contribution is 2.38. The van der Waals surface area contributed by atoms with Crippen LogP contribution in [0.2, 0.25) is 5.02 Å². The number of aryl methyl sites for hydroxylation is 1. The lowest BCUT2D eigenvalue weighted by Crippen LogP contribution is -2.46. The second kappa shape index (κ2) is 10.5. The van der Waals surface area contributed by atoms with Crippen LogP contribution in [-0.2, 0) is 11.2 Å². The molecule has 4 rings (SSSR count). The van der Waals surface area contributed by atoms with E-state index in [0.29, 0.717) is 28.5 Å². The number of halogens is 1.